The van der Waals surface area contributed by atoms with Crippen molar-refractivity contribution < 1.29 is 14.3 Å². The standard InChI is InChI=1S/C23H23N3O3/c1-29-19-9-7-16(8-10-19)11-13-25-23(28)18-14-21(27)26(15-18)20-6-2-4-17-5-3-12-24-22(17)20/h2-10,12,18H,11,13-15H2,1H3,(H,25,28). The van der Waals surface area contributed by atoms with Gasteiger partial charge in [-0.2, -0.15) is 0 Å². The van der Waals surface area contributed by atoms with Gasteiger partial charge in [0.25, 0.3) is 0 Å². The number of hydrogen-bond acceptors (Lipinski definition) is 4. The minimum Gasteiger partial charge on any atom is -0.497 e. The normalized spacial score (nSPS) is 16.2. The van der Waals surface area contributed by atoms with Crippen molar-refractivity contribution in [2.45, 2.75) is 12.8 Å². The SMILES string of the molecule is COc1ccc(CCNC(=O)C2CC(=O)N(c3cccc4cccnc34)C2)cc1. The number of methoxy groups -OCH3 is 1. The zero-order valence-electron chi connectivity index (χ0n) is 16.3. The van der Waals surface area contributed by atoms with Crippen LogP contribution in [0.25, 0.3) is 10.9 Å². The van der Waals surface area contributed by atoms with Crippen molar-refractivity contribution in [3.05, 3.63) is 66.4 Å². The molecule has 1 fully saturated rings. The molecule has 1 atom stereocenters. The van der Waals surface area contributed by atoms with Gasteiger partial charge in [0.15, 0.2) is 0 Å². The van der Waals surface area contributed by atoms with Gasteiger partial charge in [0.2, 0.25) is 11.8 Å². The fraction of sp³-hybridized carbons (Fsp3) is 0.261. The third kappa shape index (κ3) is 4.06. The van der Waals surface area contributed by atoms with Gasteiger partial charge in [0.1, 0.15) is 5.75 Å². The van der Waals surface area contributed by atoms with E-state index in [1.54, 1.807) is 18.2 Å². The summed E-state index contributed by atoms with van der Waals surface area (Å²) in [5, 5.41) is 3.94. The van der Waals surface area contributed by atoms with E-state index in [0.29, 0.717) is 13.1 Å². The van der Waals surface area contributed by atoms with Crippen LogP contribution in [0.4, 0.5) is 5.69 Å². The van der Waals surface area contributed by atoms with E-state index >= 15 is 0 Å². The molecule has 0 aliphatic carbocycles. The lowest BCUT2D eigenvalue weighted by Crippen LogP contribution is -2.34. The molecule has 1 saturated heterocycles. The number of fused-ring (bicyclic) bond motifs is 1. The summed E-state index contributed by atoms with van der Waals surface area (Å²) in [6, 6.07) is 17.4. The summed E-state index contributed by atoms with van der Waals surface area (Å²) in [6.07, 6.45) is 2.67. The maximum atomic E-state index is 12.6. The average Bonchev–Trinajstić information content (AvgIpc) is 3.15. The summed E-state index contributed by atoms with van der Waals surface area (Å²) in [6.45, 7) is 0.911. The Kier molecular flexibility index (Phi) is 5.42. The minimum atomic E-state index is -0.350. The third-order valence-electron chi connectivity index (χ3n) is 5.27. The van der Waals surface area contributed by atoms with Crippen LogP contribution in [0.3, 0.4) is 0 Å². The van der Waals surface area contributed by atoms with Crippen molar-refractivity contribution in [1.29, 1.82) is 0 Å². The largest absolute Gasteiger partial charge is 0.497 e. The molecule has 0 bridgehead atoms. The topological polar surface area (TPSA) is 71.5 Å². The summed E-state index contributed by atoms with van der Waals surface area (Å²) in [5.74, 6) is 0.337. The van der Waals surface area contributed by atoms with E-state index in [1.807, 2.05) is 54.6 Å². The third-order valence-corrected chi connectivity index (χ3v) is 5.27. The maximum Gasteiger partial charge on any atom is 0.227 e. The first-order chi connectivity index (χ1) is 14.2. The second-order valence-electron chi connectivity index (χ2n) is 7.15. The fourth-order valence-corrected chi connectivity index (χ4v) is 3.69. The fourth-order valence-electron chi connectivity index (χ4n) is 3.69. The Morgan fingerprint density at radius 1 is 1.17 bits per heavy atom. The molecule has 4 rings (SSSR count). The van der Waals surface area contributed by atoms with Crippen LogP contribution in [0.5, 0.6) is 5.75 Å². The molecule has 29 heavy (non-hydrogen) atoms. The van der Waals surface area contributed by atoms with E-state index in [9.17, 15) is 9.59 Å². The van der Waals surface area contributed by atoms with Gasteiger partial charge in [-0.1, -0.05) is 30.3 Å². The summed E-state index contributed by atoms with van der Waals surface area (Å²) in [4.78, 5) is 31.3. The summed E-state index contributed by atoms with van der Waals surface area (Å²) >= 11 is 0. The molecule has 1 aliphatic rings. The van der Waals surface area contributed by atoms with Gasteiger partial charge in [-0.25, -0.2) is 0 Å². The number of carbonyl (C=O) groups is 2. The Morgan fingerprint density at radius 2 is 1.97 bits per heavy atom. The number of rotatable bonds is 6. The molecular formula is C23H23N3O3. The van der Waals surface area contributed by atoms with E-state index < -0.39 is 0 Å². The van der Waals surface area contributed by atoms with Crippen LogP contribution in [0.15, 0.2) is 60.8 Å². The summed E-state index contributed by atoms with van der Waals surface area (Å²) < 4.78 is 5.15. The number of hydrogen-bond donors (Lipinski definition) is 1. The molecule has 1 unspecified atom stereocenters. The van der Waals surface area contributed by atoms with Crippen molar-refractivity contribution >= 4 is 28.4 Å². The van der Waals surface area contributed by atoms with Crippen LogP contribution >= 0.6 is 0 Å². The maximum absolute atomic E-state index is 12.6. The highest BCUT2D eigenvalue weighted by Gasteiger charge is 2.35. The van der Waals surface area contributed by atoms with E-state index in [1.165, 1.54) is 0 Å². The van der Waals surface area contributed by atoms with Crippen LogP contribution < -0.4 is 15.0 Å². The minimum absolute atomic E-state index is 0.0431. The van der Waals surface area contributed by atoms with Crippen molar-refractivity contribution in [3.8, 4) is 5.75 Å². The van der Waals surface area contributed by atoms with Crippen LogP contribution in [0.2, 0.25) is 0 Å². The number of nitrogens with zero attached hydrogens (tertiary/aromatic N) is 2. The lowest BCUT2D eigenvalue weighted by Gasteiger charge is -2.18. The molecule has 6 heteroatoms. The Hall–Kier alpha value is -3.41. The van der Waals surface area contributed by atoms with Gasteiger partial charge in [-0.3, -0.25) is 14.6 Å². The average molecular weight is 389 g/mol. The monoisotopic (exact) mass is 389 g/mol. The Morgan fingerprint density at radius 3 is 2.76 bits per heavy atom. The van der Waals surface area contributed by atoms with E-state index in [0.717, 1.165) is 34.3 Å². The van der Waals surface area contributed by atoms with Crippen molar-refractivity contribution in [1.82, 2.24) is 10.3 Å². The zero-order valence-corrected chi connectivity index (χ0v) is 16.3. The molecule has 0 radical (unpaired) electrons. The van der Waals surface area contributed by atoms with Gasteiger partial charge in [0, 0.05) is 31.1 Å². The van der Waals surface area contributed by atoms with Crippen LogP contribution in [0.1, 0.15) is 12.0 Å². The molecule has 2 aromatic carbocycles. The Balaban J connectivity index is 1.37. The molecule has 0 spiro atoms. The highest BCUT2D eigenvalue weighted by molar-refractivity contribution is 6.05. The molecule has 1 N–H and O–H groups in total. The molecule has 1 aromatic heterocycles. The Bertz CT molecular complexity index is 1030. The number of ether oxygens (including phenoxy) is 1. The van der Waals surface area contributed by atoms with Crippen LogP contribution in [-0.2, 0) is 16.0 Å². The zero-order chi connectivity index (χ0) is 20.2. The van der Waals surface area contributed by atoms with Crippen molar-refractivity contribution in [2.75, 3.05) is 25.1 Å². The van der Waals surface area contributed by atoms with Gasteiger partial charge in [-0.05, 0) is 36.2 Å². The molecule has 1 aliphatic heterocycles. The van der Waals surface area contributed by atoms with Crippen LogP contribution in [-0.4, -0.2) is 37.0 Å². The second kappa shape index (κ2) is 8.31. The smallest absolute Gasteiger partial charge is 0.227 e. The van der Waals surface area contributed by atoms with Gasteiger partial charge < -0.3 is 15.0 Å². The predicted octanol–water partition coefficient (Wildman–Crippen LogP) is 2.96. The van der Waals surface area contributed by atoms with Crippen molar-refractivity contribution in [2.24, 2.45) is 5.92 Å². The first kappa shape index (κ1) is 18.9. The number of aromatic nitrogens is 1. The first-order valence-electron chi connectivity index (χ1n) is 9.70. The van der Waals surface area contributed by atoms with Gasteiger partial charge >= 0.3 is 0 Å². The highest BCUT2D eigenvalue weighted by atomic mass is 16.5. The van der Waals surface area contributed by atoms with Crippen LogP contribution in [0, 0.1) is 5.92 Å². The molecule has 6 nitrogen and oxygen atoms in total. The highest BCUT2D eigenvalue weighted by Crippen LogP contribution is 2.30. The van der Waals surface area contributed by atoms with E-state index in [2.05, 4.69) is 10.3 Å². The van der Waals surface area contributed by atoms with Gasteiger partial charge in [0.05, 0.1) is 24.2 Å². The summed E-state index contributed by atoms with van der Waals surface area (Å²) in [5.41, 5.74) is 2.67. The number of benzene rings is 2. The first-order valence-corrected chi connectivity index (χ1v) is 9.70. The Labute approximate surface area is 169 Å². The van der Waals surface area contributed by atoms with Gasteiger partial charge in [-0.15, -0.1) is 0 Å². The summed E-state index contributed by atoms with van der Waals surface area (Å²) in [7, 11) is 1.63. The lowest BCUT2D eigenvalue weighted by molar-refractivity contribution is -0.126. The predicted molar refractivity (Wildman–Crippen MR) is 112 cm³/mol. The van der Waals surface area contributed by atoms with E-state index in [4.69, 9.17) is 4.74 Å². The number of amides is 2. The number of pyridine rings is 1. The quantitative estimate of drug-likeness (QED) is 0.704. The molecule has 148 valence electrons. The number of nitrogens with one attached hydrogen (secondary N) is 1. The van der Waals surface area contributed by atoms with Crippen molar-refractivity contribution in [3.63, 3.8) is 0 Å². The number of para-hydroxylation sites is 1. The lowest BCUT2D eigenvalue weighted by atomic mass is 10.1. The second-order valence-corrected chi connectivity index (χ2v) is 7.15. The van der Waals surface area contributed by atoms with E-state index in [-0.39, 0.29) is 24.2 Å². The molecule has 3 aromatic rings. The molecule has 2 heterocycles. The molecular weight excluding hydrogens is 366 g/mol. The number of carbonyl (C=O) groups excluding carboxylic acids is 2. The molecule has 0 saturated carbocycles. The number of anilines is 1. The molecule has 2 amide bonds.